The van der Waals surface area contributed by atoms with Gasteiger partial charge in [0.15, 0.2) is 0 Å². The molecule has 1 aliphatic rings. The number of carbonyl (C=O) groups excluding carboxylic acids is 1. The smallest absolute Gasteiger partial charge is 0.387 e. The van der Waals surface area contributed by atoms with Crippen LogP contribution in [0.15, 0.2) is 48.5 Å². The van der Waals surface area contributed by atoms with E-state index in [0.29, 0.717) is 17.7 Å². The molecule has 24 heavy (non-hydrogen) atoms. The van der Waals surface area contributed by atoms with E-state index in [0.717, 1.165) is 24.8 Å². The molecule has 1 amide bonds. The van der Waals surface area contributed by atoms with Crippen LogP contribution in [0.4, 0.5) is 14.5 Å². The highest BCUT2D eigenvalue weighted by molar-refractivity contribution is 5.93. The molecule has 126 valence electrons. The maximum absolute atomic E-state index is 12.6. The Hall–Kier alpha value is -2.43. The summed E-state index contributed by atoms with van der Waals surface area (Å²) in [6.45, 7) is -2.88. The SMILES string of the molecule is O=C(Nc1ccc(OC(F)F)c(Cc2ccccc2)c1)C1CCC1. The quantitative estimate of drug-likeness (QED) is 0.839. The largest absolute Gasteiger partial charge is 0.435 e. The van der Waals surface area contributed by atoms with E-state index in [1.807, 2.05) is 30.3 Å². The number of carbonyl (C=O) groups is 1. The average molecular weight is 331 g/mol. The molecule has 0 bridgehead atoms. The molecule has 0 unspecified atom stereocenters. The van der Waals surface area contributed by atoms with Gasteiger partial charge in [-0.25, -0.2) is 0 Å². The van der Waals surface area contributed by atoms with Gasteiger partial charge in [-0.3, -0.25) is 4.79 Å². The van der Waals surface area contributed by atoms with E-state index in [9.17, 15) is 13.6 Å². The fourth-order valence-corrected chi connectivity index (χ4v) is 2.74. The van der Waals surface area contributed by atoms with Gasteiger partial charge in [-0.2, -0.15) is 8.78 Å². The van der Waals surface area contributed by atoms with Crippen molar-refractivity contribution in [3.8, 4) is 5.75 Å². The van der Waals surface area contributed by atoms with Gasteiger partial charge in [0.2, 0.25) is 5.91 Å². The van der Waals surface area contributed by atoms with Gasteiger partial charge in [-0.05, 0) is 36.6 Å². The van der Waals surface area contributed by atoms with Gasteiger partial charge in [-0.1, -0.05) is 36.8 Å². The second kappa shape index (κ2) is 7.43. The minimum Gasteiger partial charge on any atom is -0.435 e. The molecular formula is C19H19F2NO2. The van der Waals surface area contributed by atoms with E-state index in [4.69, 9.17) is 0 Å². The van der Waals surface area contributed by atoms with Crippen molar-refractivity contribution in [1.29, 1.82) is 0 Å². The molecule has 3 nitrogen and oxygen atoms in total. The van der Waals surface area contributed by atoms with Gasteiger partial charge in [-0.15, -0.1) is 0 Å². The monoisotopic (exact) mass is 331 g/mol. The lowest BCUT2D eigenvalue weighted by Crippen LogP contribution is -2.28. The highest BCUT2D eigenvalue weighted by Gasteiger charge is 2.25. The Morgan fingerprint density at radius 1 is 1.17 bits per heavy atom. The summed E-state index contributed by atoms with van der Waals surface area (Å²) in [7, 11) is 0. The van der Waals surface area contributed by atoms with Crippen LogP contribution in [-0.2, 0) is 11.2 Å². The van der Waals surface area contributed by atoms with E-state index < -0.39 is 6.61 Å². The molecule has 2 aromatic carbocycles. The molecule has 0 radical (unpaired) electrons. The molecule has 1 aliphatic carbocycles. The fourth-order valence-electron chi connectivity index (χ4n) is 2.74. The standard InChI is InChI=1S/C19H19F2NO2/c20-19(21)24-17-10-9-16(22-18(23)14-7-4-8-14)12-15(17)11-13-5-2-1-3-6-13/h1-3,5-6,9-10,12,14,19H,4,7-8,11H2,(H,22,23). The van der Waals surface area contributed by atoms with Crippen LogP contribution in [0.2, 0.25) is 0 Å². The van der Waals surface area contributed by atoms with E-state index >= 15 is 0 Å². The summed E-state index contributed by atoms with van der Waals surface area (Å²) < 4.78 is 29.8. The predicted molar refractivity (Wildman–Crippen MR) is 88.3 cm³/mol. The van der Waals surface area contributed by atoms with Crippen LogP contribution in [0.1, 0.15) is 30.4 Å². The zero-order chi connectivity index (χ0) is 16.9. The van der Waals surface area contributed by atoms with Crippen LogP contribution in [0, 0.1) is 5.92 Å². The molecule has 1 saturated carbocycles. The lowest BCUT2D eigenvalue weighted by atomic mass is 9.85. The number of alkyl halides is 2. The third kappa shape index (κ3) is 4.10. The molecule has 3 rings (SSSR count). The topological polar surface area (TPSA) is 38.3 Å². The third-order valence-corrected chi connectivity index (χ3v) is 4.26. The summed E-state index contributed by atoms with van der Waals surface area (Å²) >= 11 is 0. The number of halogens is 2. The van der Waals surface area contributed by atoms with Crippen molar-refractivity contribution < 1.29 is 18.3 Å². The molecule has 2 aromatic rings. The Balaban J connectivity index is 1.81. The van der Waals surface area contributed by atoms with Crippen molar-refractivity contribution in [1.82, 2.24) is 0 Å². The van der Waals surface area contributed by atoms with Gasteiger partial charge >= 0.3 is 6.61 Å². The zero-order valence-electron chi connectivity index (χ0n) is 13.2. The molecule has 0 aromatic heterocycles. The second-order valence-electron chi connectivity index (χ2n) is 5.98. The van der Waals surface area contributed by atoms with Crippen LogP contribution in [0.25, 0.3) is 0 Å². The molecule has 0 aliphatic heterocycles. The number of hydrogen-bond acceptors (Lipinski definition) is 2. The highest BCUT2D eigenvalue weighted by atomic mass is 19.3. The maximum Gasteiger partial charge on any atom is 0.387 e. The Labute approximate surface area is 139 Å². The van der Waals surface area contributed by atoms with E-state index in [1.54, 1.807) is 12.1 Å². The number of ether oxygens (including phenoxy) is 1. The van der Waals surface area contributed by atoms with Crippen molar-refractivity contribution in [2.75, 3.05) is 5.32 Å². The summed E-state index contributed by atoms with van der Waals surface area (Å²) in [6, 6.07) is 14.3. The van der Waals surface area contributed by atoms with Crippen LogP contribution in [-0.4, -0.2) is 12.5 Å². The summed E-state index contributed by atoms with van der Waals surface area (Å²) in [4.78, 5) is 12.1. The van der Waals surface area contributed by atoms with Gasteiger partial charge in [0.1, 0.15) is 5.75 Å². The van der Waals surface area contributed by atoms with Crippen LogP contribution in [0.5, 0.6) is 5.75 Å². The molecule has 1 fully saturated rings. The molecule has 0 atom stereocenters. The highest BCUT2D eigenvalue weighted by Crippen LogP contribution is 2.30. The molecule has 0 saturated heterocycles. The van der Waals surface area contributed by atoms with Gasteiger partial charge in [0.05, 0.1) is 0 Å². The Morgan fingerprint density at radius 3 is 2.54 bits per heavy atom. The lowest BCUT2D eigenvalue weighted by molar-refractivity contribution is -0.122. The Kier molecular flexibility index (Phi) is 5.08. The first-order valence-electron chi connectivity index (χ1n) is 8.04. The van der Waals surface area contributed by atoms with Gasteiger partial charge in [0.25, 0.3) is 0 Å². The fraction of sp³-hybridized carbons (Fsp3) is 0.316. The second-order valence-corrected chi connectivity index (χ2v) is 5.98. The molecular weight excluding hydrogens is 312 g/mol. The number of amides is 1. The minimum absolute atomic E-state index is 0.00515. The van der Waals surface area contributed by atoms with Crippen molar-refractivity contribution >= 4 is 11.6 Å². The van der Waals surface area contributed by atoms with E-state index in [-0.39, 0.29) is 17.6 Å². The van der Waals surface area contributed by atoms with Gasteiger partial charge in [0, 0.05) is 23.6 Å². The summed E-state index contributed by atoms with van der Waals surface area (Å²) in [5.41, 5.74) is 2.21. The number of benzene rings is 2. The number of hydrogen-bond donors (Lipinski definition) is 1. The average Bonchev–Trinajstić information content (AvgIpc) is 2.48. The van der Waals surface area contributed by atoms with Crippen molar-refractivity contribution in [2.45, 2.75) is 32.3 Å². The zero-order valence-corrected chi connectivity index (χ0v) is 13.2. The molecule has 5 heteroatoms. The first kappa shape index (κ1) is 16.4. The summed E-state index contributed by atoms with van der Waals surface area (Å²) in [5, 5.41) is 2.87. The van der Waals surface area contributed by atoms with Crippen LogP contribution in [0.3, 0.4) is 0 Å². The first-order chi connectivity index (χ1) is 11.6. The third-order valence-electron chi connectivity index (χ3n) is 4.26. The Morgan fingerprint density at radius 2 is 1.92 bits per heavy atom. The van der Waals surface area contributed by atoms with E-state index in [1.165, 1.54) is 6.07 Å². The first-order valence-corrected chi connectivity index (χ1v) is 8.04. The minimum atomic E-state index is -2.88. The lowest BCUT2D eigenvalue weighted by Gasteiger charge is -2.24. The molecule has 0 spiro atoms. The number of rotatable bonds is 6. The van der Waals surface area contributed by atoms with Crippen molar-refractivity contribution in [2.24, 2.45) is 5.92 Å². The number of anilines is 1. The predicted octanol–water partition coefficient (Wildman–Crippen LogP) is 4.62. The Bertz CT molecular complexity index is 700. The molecule has 0 heterocycles. The van der Waals surface area contributed by atoms with Crippen LogP contribution < -0.4 is 10.1 Å². The molecule has 1 N–H and O–H groups in total. The van der Waals surface area contributed by atoms with E-state index in [2.05, 4.69) is 10.1 Å². The van der Waals surface area contributed by atoms with Crippen molar-refractivity contribution in [3.63, 3.8) is 0 Å². The maximum atomic E-state index is 12.6. The van der Waals surface area contributed by atoms with Crippen LogP contribution >= 0.6 is 0 Å². The summed E-state index contributed by atoms with van der Waals surface area (Å²) in [5.74, 6) is 0.199. The normalized spacial score (nSPS) is 14.3. The number of nitrogens with one attached hydrogen (secondary N) is 1. The van der Waals surface area contributed by atoms with Crippen molar-refractivity contribution in [3.05, 3.63) is 59.7 Å². The summed E-state index contributed by atoms with van der Waals surface area (Å²) in [6.07, 6.45) is 3.36. The van der Waals surface area contributed by atoms with Gasteiger partial charge < -0.3 is 10.1 Å².